The minimum absolute atomic E-state index is 0.0711. The molecular formula is C19H27ClN6O. The summed E-state index contributed by atoms with van der Waals surface area (Å²) < 4.78 is 0. The first-order valence-corrected chi connectivity index (χ1v) is 9.92. The minimum Gasteiger partial charge on any atom is -0.338 e. The molecule has 3 rings (SSSR count). The lowest BCUT2D eigenvalue weighted by atomic mass is 10.1. The molecule has 2 heterocycles. The van der Waals surface area contributed by atoms with E-state index in [9.17, 15) is 4.79 Å². The molecule has 7 nitrogen and oxygen atoms in total. The van der Waals surface area contributed by atoms with Crippen LogP contribution in [0.2, 0.25) is 5.02 Å². The number of piperazine rings is 1. The van der Waals surface area contributed by atoms with Crippen molar-refractivity contribution in [2.75, 3.05) is 32.7 Å². The predicted octanol–water partition coefficient (Wildman–Crippen LogP) is 2.74. The van der Waals surface area contributed by atoms with Gasteiger partial charge in [0.1, 0.15) is 0 Å². The van der Waals surface area contributed by atoms with Crippen molar-refractivity contribution in [2.24, 2.45) is 5.92 Å². The van der Waals surface area contributed by atoms with E-state index in [1.54, 1.807) is 12.1 Å². The van der Waals surface area contributed by atoms with Crippen molar-refractivity contribution in [3.05, 3.63) is 29.3 Å². The van der Waals surface area contributed by atoms with Gasteiger partial charge in [-0.15, -0.1) is 10.2 Å². The largest absolute Gasteiger partial charge is 0.338 e. The van der Waals surface area contributed by atoms with Crippen molar-refractivity contribution in [1.82, 2.24) is 30.0 Å². The third kappa shape index (κ3) is 4.84. The average molecular weight is 391 g/mol. The lowest BCUT2D eigenvalue weighted by Crippen LogP contribution is -2.51. The molecular weight excluding hydrogens is 364 g/mol. The first-order valence-electron chi connectivity index (χ1n) is 9.54. The van der Waals surface area contributed by atoms with Gasteiger partial charge in [-0.1, -0.05) is 32.4 Å². The second-order valence-electron chi connectivity index (χ2n) is 7.38. The summed E-state index contributed by atoms with van der Waals surface area (Å²) in [6, 6.07) is 6.85. The molecule has 0 aliphatic carbocycles. The van der Waals surface area contributed by atoms with E-state index in [0.717, 1.165) is 38.3 Å². The molecule has 8 heteroatoms. The SMILES string of the molecule is CCC(C(=O)N1CCN(CC(C)C)CC1)n1nnc(-c2ccc(Cl)cc2)n1. The van der Waals surface area contributed by atoms with Gasteiger partial charge in [-0.25, -0.2) is 0 Å². The Morgan fingerprint density at radius 3 is 2.41 bits per heavy atom. The Morgan fingerprint density at radius 1 is 1.15 bits per heavy atom. The van der Waals surface area contributed by atoms with Gasteiger partial charge in [-0.2, -0.15) is 4.80 Å². The number of tetrazole rings is 1. The van der Waals surface area contributed by atoms with Gasteiger partial charge >= 0.3 is 0 Å². The number of rotatable bonds is 6. The Labute approximate surface area is 165 Å². The molecule has 1 aliphatic heterocycles. The van der Waals surface area contributed by atoms with Gasteiger partial charge < -0.3 is 4.90 Å². The highest BCUT2D eigenvalue weighted by Gasteiger charge is 2.29. The lowest BCUT2D eigenvalue weighted by molar-refractivity contribution is -0.137. The number of nitrogens with zero attached hydrogens (tertiary/aromatic N) is 6. The minimum atomic E-state index is -0.421. The molecule has 0 spiro atoms. The summed E-state index contributed by atoms with van der Waals surface area (Å²) >= 11 is 5.93. The number of amides is 1. The first-order chi connectivity index (χ1) is 13.0. The topological polar surface area (TPSA) is 67.2 Å². The van der Waals surface area contributed by atoms with Gasteiger partial charge in [0, 0.05) is 43.3 Å². The fourth-order valence-electron chi connectivity index (χ4n) is 3.39. The third-order valence-corrected chi connectivity index (χ3v) is 5.04. The maximum Gasteiger partial charge on any atom is 0.249 e. The zero-order valence-electron chi connectivity index (χ0n) is 16.2. The highest BCUT2D eigenvalue weighted by atomic mass is 35.5. The van der Waals surface area contributed by atoms with E-state index in [-0.39, 0.29) is 5.91 Å². The summed E-state index contributed by atoms with van der Waals surface area (Å²) in [5.74, 6) is 1.21. The van der Waals surface area contributed by atoms with Crippen molar-refractivity contribution in [3.8, 4) is 11.4 Å². The van der Waals surface area contributed by atoms with Crippen LogP contribution in [0.1, 0.15) is 33.2 Å². The summed E-state index contributed by atoms with van der Waals surface area (Å²) in [6.07, 6.45) is 0.626. The maximum absolute atomic E-state index is 13.0. The Bertz CT molecular complexity index is 752. The van der Waals surface area contributed by atoms with E-state index >= 15 is 0 Å². The molecule has 1 aliphatic rings. The Balaban J connectivity index is 1.66. The van der Waals surface area contributed by atoms with Gasteiger partial charge in [0.2, 0.25) is 11.7 Å². The van der Waals surface area contributed by atoms with Crippen LogP contribution in [0.4, 0.5) is 0 Å². The second-order valence-corrected chi connectivity index (χ2v) is 7.82. The molecule has 1 amide bonds. The molecule has 0 radical (unpaired) electrons. The van der Waals surface area contributed by atoms with Crippen LogP contribution >= 0.6 is 11.6 Å². The molecule has 1 saturated heterocycles. The van der Waals surface area contributed by atoms with Crippen LogP contribution in [-0.2, 0) is 4.79 Å². The quantitative estimate of drug-likeness (QED) is 0.758. The van der Waals surface area contributed by atoms with Crippen LogP contribution < -0.4 is 0 Å². The molecule has 0 N–H and O–H groups in total. The number of halogens is 1. The lowest BCUT2D eigenvalue weighted by Gasteiger charge is -2.36. The molecule has 146 valence electrons. The molecule has 1 aromatic heterocycles. The van der Waals surface area contributed by atoms with Crippen LogP contribution in [0, 0.1) is 5.92 Å². The molecule has 2 aromatic rings. The summed E-state index contributed by atoms with van der Waals surface area (Å²) in [5, 5.41) is 13.4. The van der Waals surface area contributed by atoms with Gasteiger partial charge in [-0.3, -0.25) is 9.69 Å². The van der Waals surface area contributed by atoms with Crippen molar-refractivity contribution in [3.63, 3.8) is 0 Å². The number of hydrogen-bond acceptors (Lipinski definition) is 5. The number of aromatic nitrogens is 4. The van der Waals surface area contributed by atoms with E-state index in [2.05, 4.69) is 34.2 Å². The molecule has 0 saturated carbocycles. The first kappa shape index (κ1) is 19.8. The molecule has 1 unspecified atom stereocenters. The van der Waals surface area contributed by atoms with Crippen molar-refractivity contribution >= 4 is 17.5 Å². The van der Waals surface area contributed by atoms with E-state index in [0.29, 0.717) is 23.2 Å². The average Bonchev–Trinajstić information content (AvgIpc) is 3.12. The number of carbonyl (C=O) groups is 1. The van der Waals surface area contributed by atoms with Crippen LogP contribution in [0.25, 0.3) is 11.4 Å². The van der Waals surface area contributed by atoms with E-state index < -0.39 is 6.04 Å². The summed E-state index contributed by atoms with van der Waals surface area (Å²) in [7, 11) is 0. The third-order valence-electron chi connectivity index (χ3n) is 4.79. The smallest absolute Gasteiger partial charge is 0.249 e. The standard InChI is InChI=1S/C19H27ClN6O/c1-4-17(19(27)25-11-9-24(10-12-25)13-14(2)3)26-22-18(21-23-26)15-5-7-16(20)8-6-15/h5-8,14,17H,4,9-13H2,1-3H3. The van der Waals surface area contributed by atoms with Crippen molar-refractivity contribution in [2.45, 2.75) is 33.2 Å². The van der Waals surface area contributed by atoms with Crippen molar-refractivity contribution < 1.29 is 4.79 Å². The summed E-state index contributed by atoms with van der Waals surface area (Å²) in [6.45, 7) is 10.8. The monoisotopic (exact) mass is 390 g/mol. The van der Waals surface area contributed by atoms with Gasteiger partial charge in [0.15, 0.2) is 6.04 Å². The Kier molecular flexibility index (Phi) is 6.44. The van der Waals surface area contributed by atoms with Crippen LogP contribution in [-0.4, -0.2) is 68.6 Å². The van der Waals surface area contributed by atoms with Crippen molar-refractivity contribution in [1.29, 1.82) is 0 Å². The summed E-state index contributed by atoms with van der Waals surface area (Å²) in [4.78, 5) is 18.8. The Morgan fingerprint density at radius 2 is 1.81 bits per heavy atom. The fourth-order valence-corrected chi connectivity index (χ4v) is 3.51. The van der Waals surface area contributed by atoms with Gasteiger partial charge in [-0.05, 0) is 41.8 Å². The summed E-state index contributed by atoms with van der Waals surface area (Å²) in [5.41, 5.74) is 0.829. The van der Waals surface area contributed by atoms with Gasteiger partial charge in [0.05, 0.1) is 0 Å². The zero-order valence-corrected chi connectivity index (χ0v) is 16.9. The Hall–Kier alpha value is -1.99. The number of hydrogen-bond donors (Lipinski definition) is 0. The highest BCUT2D eigenvalue weighted by molar-refractivity contribution is 6.30. The fraction of sp³-hybridized carbons (Fsp3) is 0.579. The molecule has 1 fully saturated rings. The van der Waals surface area contributed by atoms with Gasteiger partial charge in [0.25, 0.3) is 0 Å². The van der Waals surface area contributed by atoms with E-state index in [1.807, 2.05) is 24.0 Å². The van der Waals surface area contributed by atoms with Crippen LogP contribution in [0.15, 0.2) is 24.3 Å². The van der Waals surface area contributed by atoms with Crippen LogP contribution in [0.3, 0.4) is 0 Å². The molecule has 27 heavy (non-hydrogen) atoms. The second kappa shape index (κ2) is 8.80. The van der Waals surface area contributed by atoms with Crippen LogP contribution in [0.5, 0.6) is 0 Å². The highest BCUT2D eigenvalue weighted by Crippen LogP contribution is 2.20. The molecule has 0 bridgehead atoms. The number of carbonyl (C=O) groups excluding carboxylic acids is 1. The number of benzene rings is 1. The van der Waals surface area contributed by atoms with E-state index in [1.165, 1.54) is 4.80 Å². The molecule has 1 atom stereocenters. The molecule has 1 aromatic carbocycles. The zero-order chi connectivity index (χ0) is 19.4. The predicted molar refractivity (Wildman–Crippen MR) is 105 cm³/mol. The van der Waals surface area contributed by atoms with E-state index in [4.69, 9.17) is 11.6 Å². The maximum atomic E-state index is 13.0. The normalized spacial score (nSPS) is 16.7.